The van der Waals surface area contributed by atoms with Crippen LogP contribution in [0, 0.1) is 23.7 Å². The predicted octanol–water partition coefficient (Wildman–Crippen LogP) is 2.34. The summed E-state index contributed by atoms with van der Waals surface area (Å²) in [5, 5.41) is 0. The van der Waals surface area contributed by atoms with E-state index in [9.17, 15) is 0 Å². The van der Waals surface area contributed by atoms with Crippen LogP contribution in [0.3, 0.4) is 0 Å². The molecule has 0 spiro atoms. The molecule has 94 valence electrons. The maximum absolute atomic E-state index is 5.88. The second-order valence-corrected chi connectivity index (χ2v) is 6.42. The molecule has 0 aromatic rings. The van der Waals surface area contributed by atoms with Crippen molar-refractivity contribution in [3.8, 4) is 0 Å². The van der Waals surface area contributed by atoms with Crippen molar-refractivity contribution in [3.63, 3.8) is 0 Å². The highest BCUT2D eigenvalue weighted by Crippen LogP contribution is 2.48. The fourth-order valence-electron chi connectivity index (χ4n) is 4.07. The highest BCUT2D eigenvalue weighted by molar-refractivity contribution is 4.91. The van der Waals surface area contributed by atoms with Crippen LogP contribution in [0.1, 0.15) is 39.5 Å². The highest BCUT2D eigenvalue weighted by atomic mass is 15.1. The van der Waals surface area contributed by atoms with Crippen LogP contribution in [-0.4, -0.2) is 31.1 Å². The number of hydrogen-bond acceptors (Lipinski definition) is 2. The highest BCUT2D eigenvalue weighted by Gasteiger charge is 2.40. The van der Waals surface area contributed by atoms with Crippen molar-refractivity contribution >= 4 is 0 Å². The molecule has 0 aromatic carbocycles. The number of rotatable bonds is 5. The number of nitrogens with two attached hydrogens (primary N) is 1. The SMILES string of the molecule is CC(C)C(CN)N(C)CC1CC2CCC1C2. The minimum Gasteiger partial charge on any atom is -0.329 e. The maximum atomic E-state index is 5.88. The summed E-state index contributed by atoms with van der Waals surface area (Å²) in [6.07, 6.45) is 6.02. The summed E-state index contributed by atoms with van der Waals surface area (Å²) in [5.41, 5.74) is 5.88. The van der Waals surface area contributed by atoms with Gasteiger partial charge < -0.3 is 10.6 Å². The summed E-state index contributed by atoms with van der Waals surface area (Å²) in [4.78, 5) is 2.52. The van der Waals surface area contributed by atoms with Crippen LogP contribution in [-0.2, 0) is 0 Å². The first-order valence-electron chi connectivity index (χ1n) is 7.02. The molecule has 0 aliphatic heterocycles. The van der Waals surface area contributed by atoms with E-state index in [2.05, 4.69) is 25.8 Å². The third-order valence-corrected chi connectivity index (χ3v) is 4.98. The van der Waals surface area contributed by atoms with Crippen molar-refractivity contribution < 1.29 is 0 Å². The van der Waals surface area contributed by atoms with Gasteiger partial charge in [0.25, 0.3) is 0 Å². The minimum atomic E-state index is 0.569. The lowest BCUT2D eigenvalue weighted by atomic mass is 9.88. The van der Waals surface area contributed by atoms with Crippen molar-refractivity contribution in [1.29, 1.82) is 0 Å². The minimum absolute atomic E-state index is 0.569. The van der Waals surface area contributed by atoms with E-state index in [0.717, 1.165) is 24.3 Å². The van der Waals surface area contributed by atoms with E-state index in [-0.39, 0.29) is 0 Å². The zero-order valence-corrected chi connectivity index (χ0v) is 11.2. The van der Waals surface area contributed by atoms with E-state index in [1.165, 1.54) is 32.2 Å². The van der Waals surface area contributed by atoms with Gasteiger partial charge in [0.15, 0.2) is 0 Å². The largest absolute Gasteiger partial charge is 0.329 e. The standard InChI is InChI=1S/C14H28N2/c1-10(2)14(8-15)16(3)9-13-7-11-4-5-12(13)6-11/h10-14H,4-9,15H2,1-3H3. The van der Waals surface area contributed by atoms with Gasteiger partial charge in [0.1, 0.15) is 0 Å². The van der Waals surface area contributed by atoms with E-state index in [0.29, 0.717) is 12.0 Å². The van der Waals surface area contributed by atoms with Crippen molar-refractivity contribution in [2.75, 3.05) is 20.1 Å². The Morgan fingerprint density at radius 2 is 2.00 bits per heavy atom. The smallest absolute Gasteiger partial charge is 0.0238 e. The molecule has 2 bridgehead atoms. The second kappa shape index (κ2) is 5.05. The lowest BCUT2D eigenvalue weighted by molar-refractivity contribution is 0.146. The van der Waals surface area contributed by atoms with Crippen LogP contribution in [0.25, 0.3) is 0 Å². The fourth-order valence-corrected chi connectivity index (χ4v) is 4.07. The van der Waals surface area contributed by atoms with Gasteiger partial charge in [-0.1, -0.05) is 20.3 Å². The van der Waals surface area contributed by atoms with Crippen LogP contribution in [0.2, 0.25) is 0 Å². The summed E-state index contributed by atoms with van der Waals surface area (Å²) in [5.74, 6) is 3.75. The van der Waals surface area contributed by atoms with E-state index < -0.39 is 0 Å². The Morgan fingerprint density at radius 1 is 1.25 bits per heavy atom. The molecule has 4 atom stereocenters. The van der Waals surface area contributed by atoms with Gasteiger partial charge in [0, 0.05) is 19.1 Å². The molecule has 2 fully saturated rings. The van der Waals surface area contributed by atoms with Crippen LogP contribution >= 0.6 is 0 Å². The molecule has 0 heterocycles. The van der Waals surface area contributed by atoms with Gasteiger partial charge in [0.2, 0.25) is 0 Å². The Hall–Kier alpha value is -0.0800. The molecular formula is C14H28N2. The normalized spacial score (nSPS) is 35.2. The van der Waals surface area contributed by atoms with E-state index in [1.807, 2.05) is 0 Å². The zero-order chi connectivity index (χ0) is 11.7. The fraction of sp³-hybridized carbons (Fsp3) is 1.00. The monoisotopic (exact) mass is 224 g/mol. The van der Waals surface area contributed by atoms with Crippen molar-refractivity contribution in [2.45, 2.75) is 45.6 Å². The molecule has 0 aromatic heterocycles. The molecule has 0 saturated heterocycles. The van der Waals surface area contributed by atoms with E-state index in [4.69, 9.17) is 5.73 Å². The first kappa shape index (κ1) is 12.4. The molecular weight excluding hydrogens is 196 g/mol. The van der Waals surface area contributed by atoms with Crippen LogP contribution in [0.5, 0.6) is 0 Å². The van der Waals surface area contributed by atoms with Gasteiger partial charge in [0.05, 0.1) is 0 Å². The van der Waals surface area contributed by atoms with Crippen molar-refractivity contribution in [1.82, 2.24) is 4.90 Å². The lowest BCUT2D eigenvalue weighted by Gasteiger charge is -2.34. The van der Waals surface area contributed by atoms with Crippen molar-refractivity contribution in [2.24, 2.45) is 29.4 Å². The van der Waals surface area contributed by atoms with Gasteiger partial charge in [-0.15, -0.1) is 0 Å². The summed E-state index contributed by atoms with van der Waals surface area (Å²) in [7, 11) is 2.27. The second-order valence-electron chi connectivity index (χ2n) is 6.42. The Kier molecular flexibility index (Phi) is 3.91. The maximum Gasteiger partial charge on any atom is 0.0238 e. The van der Waals surface area contributed by atoms with Crippen LogP contribution < -0.4 is 5.73 Å². The summed E-state index contributed by atoms with van der Waals surface area (Å²) in [6.45, 7) is 6.65. The van der Waals surface area contributed by atoms with Crippen LogP contribution in [0.15, 0.2) is 0 Å². The average Bonchev–Trinajstić information content (AvgIpc) is 2.79. The zero-order valence-electron chi connectivity index (χ0n) is 11.2. The average molecular weight is 224 g/mol. The Bertz CT molecular complexity index is 227. The van der Waals surface area contributed by atoms with Gasteiger partial charge in [-0.2, -0.15) is 0 Å². The molecule has 16 heavy (non-hydrogen) atoms. The third kappa shape index (κ3) is 2.43. The first-order chi connectivity index (χ1) is 7.61. The van der Waals surface area contributed by atoms with E-state index in [1.54, 1.807) is 0 Å². The number of nitrogens with zero attached hydrogens (tertiary/aromatic N) is 1. The first-order valence-corrected chi connectivity index (χ1v) is 7.02. The van der Waals surface area contributed by atoms with Gasteiger partial charge in [-0.3, -0.25) is 0 Å². The lowest BCUT2D eigenvalue weighted by Crippen LogP contribution is -2.44. The molecule has 2 N–H and O–H groups in total. The van der Waals surface area contributed by atoms with Gasteiger partial charge in [-0.25, -0.2) is 0 Å². The Labute approximate surface area is 101 Å². The quantitative estimate of drug-likeness (QED) is 0.776. The van der Waals surface area contributed by atoms with Gasteiger partial charge in [-0.05, 0) is 50.0 Å². The van der Waals surface area contributed by atoms with Crippen LogP contribution in [0.4, 0.5) is 0 Å². The molecule has 0 radical (unpaired) electrons. The predicted molar refractivity (Wildman–Crippen MR) is 69.2 cm³/mol. The van der Waals surface area contributed by atoms with E-state index >= 15 is 0 Å². The molecule has 0 amide bonds. The van der Waals surface area contributed by atoms with Gasteiger partial charge >= 0.3 is 0 Å². The topological polar surface area (TPSA) is 29.3 Å². The molecule has 2 heteroatoms. The number of fused-ring (bicyclic) bond motifs is 2. The number of likely N-dealkylation sites (N-methyl/N-ethyl adjacent to an activating group) is 1. The third-order valence-electron chi connectivity index (χ3n) is 4.98. The Morgan fingerprint density at radius 3 is 2.44 bits per heavy atom. The molecule has 2 nitrogen and oxygen atoms in total. The molecule has 2 saturated carbocycles. The molecule has 2 aliphatic rings. The summed E-state index contributed by atoms with van der Waals surface area (Å²) >= 11 is 0. The molecule has 2 aliphatic carbocycles. The summed E-state index contributed by atoms with van der Waals surface area (Å²) < 4.78 is 0. The molecule has 4 unspecified atom stereocenters. The Balaban J connectivity index is 1.84. The van der Waals surface area contributed by atoms with Crippen molar-refractivity contribution in [3.05, 3.63) is 0 Å². The summed E-state index contributed by atoms with van der Waals surface area (Å²) in [6, 6.07) is 0.569. The number of hydrogen-bond donors (Lipinski definition) is 1. The molecule has 2 rings (SSSR count).